The number of hydrogen-bond acceptors (Lipinski definition) is 5. The molecule has 0 spiro atoms. The Bertz CT molecular complexity index is 312. The summed E-state index contributed by atoms with van der Waals surface area (Å²) in [5, 5.41) is 8.87. The van der Waals surface area contributed by atoms with E-state index in [4.69, 9.17) is 9.47 Å². The van der Waals surface area contributed by atoms with Crippen molar-refractivity contribution >= 4 is 23.0 Å². The van der Waals surface area contributed by atoms with Crippen LogP contribution in [0.15, 0.2) is 11.2 Å². The lowest BCUT2D eigenvalue weighted by Gasteiger charge is -2.12. The Morgan fingerprint density at radius 1 is 1.79 bits per heavy atom. The first kappa shape index (κ1) is 9.80. The third kappa shape index (κ3) is 1.72. The molecule has 3 unspecified atom stereocenters. The van der Waals surface area contributed by atoms with Crippen LogP contribution in [-0.4, -0.2) is 48.3 Å². The van der Waals surface area contributed by atoms with Crippen LogP contribution >= 0.6 is 12.2 Å². The molecule has 0 saturated carbocycles. The minimum absolute atomic E-state index is 0.0472. The zero-order chi connectivity index (χ0) is 10.1. The van der Waals surface area contributed by atoms with E-state index in [1.165, 1.54) is 0 Å². The molecule has 1 saturated heterocycles. The van der Waals surface area contributed by atoms with Crippen molar-refractivity contribution < 1.29 is 9.47 Å². The maximum atomic E-state index is 5.28. The normalized spacial score (nSPS) is 35.1. The highest BCUT2D eigenvalue weighted by Crippen LogP contribution is 2.29. The van der Waals surface area contributed by atoms with E-state index in [1.807, 2.05) is 18.1 Å². The molecule has 0 aromatic rings. The molecule has 5 heteroatoms. The number of hydrazone groups is 1. The van der Waals surface area contributed by atoms with Crippen molar-refractivity contribution in [1.82, 2.24) is 5.01 Å². The molecular weight excluding hydrogens is 200 g/mol. The van der Waals surface area contributed by atoms with Crippen LogP contribution in [0.5, 0.6) is 0 Å². The van der Waals surface area contributed by atoms with Gasteiger partial charge in [-0.05, 0) is 23.3 Å². The average Bonchev–Trinajstić information content (AvgIpc) is 2.87. The van der Waals surface area contributed by atoms with Crippen LogP contribution in [0.1, 0.15) is 6.42 Å². The number of nitrogens with zero attached hydrogens (tertiary/aromatic N) is 2. The summed E-state index contributed by atoms with van der Waals surface area (Å²) in [5.41, 5.74) is 1.03. The molecule has 4 nitrogen and oxygen atoms in total. The van der Waals surface area contributed by atoms with Crippen molar-refractivity contribution in [3.8, 4) is 0 Å². The van der Waals surface area contributed by atoms with E-state index in [1.54, 1.807) is 7.11 Å². The van der Waals surface area contributed by atoms with Crippen molar-refractivity contribution in [2.45, 2.75) is 24.9 Å². The van der Waals surface area contributed by atoms with Crippen molar-refractivity contribution in [2.75, 3.05) is 14.2 Å². The molecule has 14 heavy (non-hydrogen) atoms. The molecule has 0 aliphatic carbocycles. The summed E-state index contributed by atoms with van der Waals surface area (Å²) in [4.78, 5) is 0. The second kappa shape index (κ2) is 3.79. The molecule has 0 radical (unpaired) electrons. The highest BCUT2D eigenvalue weighted by Gasteiger charge is 2.46. The minimum atomic E-state index is -0.0997. The molecule has 0 amide bonds. The van der Waals surface area contributed by atoms with Gasteiger partial charge in [0.25, 0.3) is 0 Å². The summed E-state index contributed by atoms with van der Waals surface area (Å²) in [7, 11) is 3.56. The standard InChI is InChI=1S/C9H12N2O2S/c1-11-6(3-4-14)5-7(10-11)8-9(12-2)13-8/h3,6,8-9H,5H2,1-2H3. The molecule has 0 aromatic carbocycles. The van der Waals surface area contributed by atoms with Gasteiger partial charge >= 0.3 is 0 Å². The SMILES string of the molecule is COC1OC1C1=NN(C)C(C=C=S)C1. The van der Waals surface area contributed by atoms with Crippen LogP contribution in [0.2, 0.25) is 0 Å². The topological polar surface area (TPSA) is 37.4 Å². The van der Waals surface area contributed by atoms with Crippen molar-refractivity contribution in [2.24, 2.45) is 5.10 Å². The number of ether oxygens (including phenoxy) is 2. The third-order valence-corrected chi connectivity index (χ3v) is 2.59. The van der Waals surface area contributed by atoms with E-state index in [9.17, 15) is 0 Å². The van der Waals surface area contributed by atoms with Crippen LogP contribution in [0.25, 0.3) is 0 Å². The van der Waals surface area contributed by atoms with E-state index < -0.39 is 0 Å². The molecule has 1 fully saturated rings. The summed E-state index contributed by atoms with van der Waals surface area (Å²) in [5.74, 6) is 0. The Balaban J connectivity index is 1.98. The lowest BCUT2D eigenvalue weighted by molar-refractivity contribution is 0.0950. The predicted molar refractivity (Wildman–Crippen MR) is 56.4 cm³/mol. The number of likely N-dealkylation sites (N-methyl/N-ethyl adjacent to an activating group) is 1. The maximum Gasteiger partial charge on any atom is 0.190 e. The Labute approximate surface area is 88.2 Å². The minimum Gasteiger partial charge on any atom is -0.353 e. The molecular formula is C9H12N2O2S. The lowest BCUT2D eigenvalue weighted by atomic mass is 10.1. The van der Waals surface area contributed by atoms with Gasteiger partial charge in [-0.15, -0.1) is 0 Å². The molecule has 3 atom stereocenters. The van der Waals surface area contributed by atoms with E-state index in [0.29, 0.717) is 0 Å². The van der Waals surface area contributed by atoms with Gasteiger partial charge in [-0.3, -0.25) is 5.01 Å². The van der Waals surface area contributed by atoms with Gasteiger partial charge in [-0.2, -0.15) is 5.10 Å². The molecule has 2 aliphatic heterocycles. The summed E-state index contributed by atoms with van der Waals surface area (Å²) >= 11 is 4.67. The van der Waals surface area contributed by atoms with E-state index in [2.05, 4.69) is 22.3 Å². The lowest BCUT2D eigenvalue weighted by Crippen LogP contribution is -2.20. The van der Waals surface area contributed by atoms with E-state index >= 15 is 0 Å². The Hall–Kier alpha value is -0.740. The third-order valence-electron chi connectivity index (χ3n) is 2.46. The number of epoxide rings is 1. The number of hydrogen-bond donors (Lipinski definition) is 0. The van der Waals surface area contributed by atoms with Crippen LogP contribution < -0.4 is 0 Å². The van der Waals surface area contributed by atoms with Gasteiger partial charge in [-0.25, -0.2) is 0 Å². The van der Waals surface area contributed by atoms with Crippen LogP contribution in [0, 0.1) is 0 Å². The van der Waals surface area contributed by atoms with Crippen LogP contribution in [0.3, 0.4) is 0 Å². The second-order valence-corrected chi connectivity index (χ2v) is 3.62. The monoisotopic (exact) mass is 212 g/mol. The Morgan fingerprint density at radius 3 is 3.14 bits per heavy atom. The zero-order valence-corrected chi connectivity index (χ0v) is 8.95. The summed E-state index contributed by atoms with van der Waals surface area (Å²) in [6, 6.07) is 0.226. The van der Waals surface area contributed by atoms with Crippen molar-refractivity contribution in [1.29, 1.82) is 0 Å². The van der Waals surface area contributed by atoms with Crippen molar-refractivity contribution in [3.05, 3.63) is 6.08 Å². The van der Waals surface area contributed by atoms with Gasteiger partial charge in [0.2, 0.25) is 0 Å². The van der Waals surface area contributed by atoms with Gasteiger partial charge < -0.3 is 9.47 Å². The van der Waals surface area contributed by atoms with Crippen molar-refractivity contribution in [3.63, 3.8) is 0 Å². The Kier molecular flexibility index (Phi) is 2.65. The summed E-state index contributed by atoms with van der Waals surface area (Å²) in [6.07, 6.45) is 2.64. The first-order valence-corrected chi connectivity index (χ1v) is 4.86. The van der Waals surface area contributed by atoms with E-state index in [0.717, 1.165) is 12.1 Å². The average molecular weight is 212 g/mol. The molecule has 2 rings (SSSR count). The van der Waals surface area contributed by atoms with E-state index in [-0.39, 0.29) is 18.4 Å². The number of methoxy groups -OCH3 is 1. The molecule has 0 N–H and O–H groups in total. The van der Waals surface area contributed by atoms with Gasteiger partial charge in [-0.1, -0.05) is 0 Å². The molecule has 0 bridgehead atoms. The second-order valence-electron chi connectivity index (χ2n) is 3.38. The van der Waals surface area contributed by atoms with Gasteiger partial charge in [0.05, 0.1) is 11.8 Å². The summed E-state index contributed by atoms with van der Waals surface area (Å²) in [6.45, 7) is 0. The maximum absolute atomic E-state index is 5.28. The fraction of sp³-hybridized carbons (Fsp3) is 0.667. The molecule has 76 valence electrons. The van der Waals surface area contributed by atoms with Gasteiger partial charge in [0, 0.05) is 20.6 Å². The summed E-state index contributed by atoms with van der Waals surface area (Å²) < 4.78 is 10.3. The van der Waals surface area contributed by atoms with Crippen LogP contribution in [0.4, 0.5) is 0 Å². The zero-order valence-electron chi connectivity index (χ0n) is 8.14. The van der Waals surface area contributed by atoms with Crippen LogP contribution in [-0.2, 0) is 9.47 Å². The molecule has 0 aromatic heterocycles. The highest BCUT2D eigenvalue weighted by atomic mass is 32.1. The predicted octanol–water partition coefficient (Wildman–Crippen LogP) is 0.573. The first-order valence-electron chi connectivity index (χ1n) is 4.45. The molecule has 2 heterocycles. The fourth-order valence-electron chi connectivity index (χ4n) is 1.60. The van der Waals surface area contributed by atoms with Gasteiger partial charge in [0.1, 0.15) is 0 Å². The first-order chi connectivity index (χ1) is 6.76. The molecule has 2 aliphatic rings. The largest absolute Gasteiger partial charge is 0.353 e. The number of rotatable bonds is 3. The van der Waals surface area contributed by atoms with Gasteiger partial charge in [0.15, 0.2) is 12.4 Å². The highest BCUT2D eigenvalue weighted by molar-refractivity contribution is 7.78. The smallest absolute Gasteiger partial charge is 0.190 e. The Morgan fingerprint density at radius 2 is 2.57 bits per heavy atom. The quantitative estimate of drug-likeness (QED) is 0.506. The fourth-order valence-corrected chi connectivity index (χ4v) is 1.75. The number of thiocarbonyl (C=S) groups is 1.